The van der Waals surface area contributed by atoms with Crippen molar-refractivity contribution in [1.82, 2.24) is 0 Å². The lowest BCUT2D eigenvalue weighted by molar-refractivity contribution is 0.598. The maximum Gasteiger partial charge on any atom is 0.220 e. The highest BCUT2D eigenvalue weighted by Crippen LogP contribution is 2.27. The van der Waals surface area contributed by atoms with Crippen LogP contribution in [0.25, 0.3) is 0 Å². The third-order valence-corrected chi connectivity index (χ3v) is 6.24. The summed E-state index contributed by atoms with van der Waals surface area (Å²) in [5.74, 6) is 0. The van der Waals surface area contributed by atoms with Gasteiger partial charge in [-0.2, -0.15) is 0 Å². The average Bonchev–Trinajstić information content (AvgIpc) is 2.40. The molecule has 0 unspecified atom stereocenters. The van der Waals surface area contributed by atoms with Crippen LogP contribution in [0.5, 0.6) is 0 Å². The van der Waals surface area contributed by atoms with Crippen LogP contribution >= 0.6 is 15.9 Å². The van der Waals surface area contributed by atoms with Crippen molar-refractivity contribution < 1.29 is 8.42 Å². The number of benzene rings is 1. The molecule has 0 amide bonds. The third kappa shape index (κ3) is 3.59. The van der Waals surface area contributed by atoms with Crippen molar-refractivity contribution in [2.75, 3.05) is 0 Å². The summed E-state index contributed by atoms with van der Waals surface area (Å²) in [4.78, 5) is 0.314. The zero-order valence-electron chi connectivity index (χ0n) is 10.9. The van der Waals surface area contributed by atoms with Gasteiger partial charge in [-0.05, 0) is 66.2 Å². The Kier molecular flexibility index (Phi) is 4.67. The Balaban J connectivity index is 2.38. The minimum atomic E-state index is -3.45. The molecule has 1 saturated carbocycles. The zero-order valence-corrected chi connectivity index (χ0v) is 13.4. The predicted molar refractivity (Wildman–Crippen MR) is 80.9 cm³/mol. The van der Waals surface area contributed by atoms with Crippen molar-refractivity contribution in [2.45, 2.75) is 43.9 Å². The number of sulfone groups is 1. The van der Waals surface area contributed by atoms with Gasteiger partial charge in [-0.3, -0.25) is 0 Å². The van der Waals surface area contributed by atoms with Crippen molar-refractivity contribution in [3.63, 3.8) is 0 Å². The number of allylic oxidation sites excluding steroid dienone is 1. The Morgan fingerprint density at radius 1 is 1.11 bits per heavy atom. The van der Waals surface area contributed by atoms with E-state index in [1.54, 1.807) is 24.3 Å². The molecule has 0 N–H and O–H groups in total. The van der Waals surface area contributed by atoms with Crippen LogP contribution in [-0.2, 0) is 9.84 Å². The molecule has 0 heterocycles. The lowest BCUT2D eigenvalue weighted by atomic mass is 9.96. The standard InChI is InChI=1S/C15H17BrO2S/c1-12-7-9-14(10-8-12)19(17,18)15(16)11-13-5-3-2-4-6-13/h7-10H,2-6H2,1H3. The first-order chi connectivity index (χ1) is 9.00. The van der Waals surface area contributed by atoms with E-state index in [1.165, 1.54) is 6.42 Å². The molecule has 1 aromatic carbocycles. The first kappa shape index (κ1) is 14.6. The molecular formula is C15H17BrO2S. The molecular weight excluding hydrogens is 324 g/mol. The van der Waals surface area contributed by atoms with Crippen LogP contribution in [0.2, 0.25) is 0 Å². The molecule has 0 bridgehead atoms. The summed E-state index contributed by atoms with van der Waals surface area (Å²) in [7, 11) is -3.45. The molecule has 19 heavy (non-hydrogen) atoms. The molecule has 1 aliphatic carbocycles. The second-order valence-electron chi connectivity index (χ2n) is 4.88. The maximum atomic E-state index is 12.4. The van der Waals surface area contributed by atoms with Crippen molar-refractivity contribution in [2.24, 2.45) is 0 Å². The van der Waals surface area contributed by atoms with Crippen molar-refractivity contribution in [1.29, 1.82) is 0 Å². The summed E-state index contributed by atoms with van der Waals surface area (Å²) in [5, 5.41) is 0. The fourth-order valence-electron chi connectivity index (χ4n) is 2.13. The Labute approximate surface area is 123 Å². The Morgan fingerprint density at radius 2 is 1.68 bits per heavy atom. The highest BCUT2D eigenvalue weighted by molar-refractivity contribution is 9.13. The van der Waals surface area contributed by atoms with E-state index in [0.717, 1.165) is 36.8 Å². The SMILES string of the molecule is Cc1ccc(S(=O)(=O)C(Br)=C=C2CCCCC2)cc1. The molecule has 0 aromatic heterocycles. The number of aryl methyl sites for hydroxylation is 1. The zero-order chi connectivity index (χ0) is 13.9. The topological polar surface area (TPSA) is 34.1 Å². The second kappa shape index (κ2) is 6.08. The lowest BCUT2D eigenvalue weighted by Gasteiger charge is -2.11. The molecule has 2 rings (SSSR count). The van der Waals surface area contributed by atoms with Gasteiger partial charge in [-0.1, -0.05) is 29.8 Å². The fraction of sp³-hybridized carbons (Fsp3) is 0.400. The van der Waals surface area contributed by atoms with E-state index in [2.05, 4.69) is 21.7 Å². The van der Waals surface area contributed by atoms with Crippen LogP contribution in [0.3, 0.4) is 0 Å². The van der Waals surface area contributed by atoms with Gasteiger partial charge in [-0.15, -0.1) is 0 Å². The molecule has 0 spiro atoms. The number of halogens is 1. The Morgan fingerprint density at radius 3 is 2.26 bits per heavy atom. The van der Waals surface area contributed by atoms with Crippen LogP contribution in [0.15, 0.2) is 44.3 Å². The third-order valence-electron chi connectivity index (χ3n) is 3.30. The summed E-state index contributed by atoms with van der Waals surface area (Å²) >= 11 is 3.19. The number of rotatable bonds is 2. The minimum Gasteiger partial charge on any atom is -0.217 e. The summed E-state index contributed by atoms with van der Waals surface area (Å²) in [6.45, 7) is 1.94. The van der Waals surface area contributed by atoms with E-state index in [1.807, 2.05) is 6.92 Å². The number of hydrogen-bond donors (Lipinski definition) is 0. The highest BCUT2D eigenvalue weighted by atomic mass is 79.9. The summed E-state index contributed by atoms with van der Waals surface area (Å²) < 4.78 is 24.9. The molecule has 1 aromatic rings. The van der Waals surface area contributed by atoms with Gasteiger partial charge in [0.15, 0.2) is 3.81 Å². The largest absolute Gasteiger partial charge is 0.220 e. The van der Waals surface area contributed by atoms with Crippen molar-refractivity contribution in [3.05, 3.63) is 44.9 Å². The first-order valence-corrected chi connectivity index (χ1v) is 8.74. The summed E-state index contributed by atoms with van der Waals surface area (Å²) in [6.07, 6.45) is 5.41. The molecule has 102 valence electrons. The monoisotopic (exact) mass is 340 g/mol. The minimum absolute atomic E-state index is 0.153. The summed E-state index contributed by atoms with van der Waals surface area (Å²) in [5.41, 5.74) is 5.19. The van der Waals surface area contributed by atoms with E-state index in [0.29, 0.717) is 4.90 Å². The van der Waals surface area contributed by atoms with Gasteiger partial charge in [0.2, 0.25) is 9.84 Å². The van der Waals surface area contributed by atoms with Gasteiger partial charge < -0.3 is 0 Å². The average molecular weight is 341 g/mol. The maximum absolute atomic E-state index is 12.4. The molecule has 0 radical (unpaired) electrons. The van der Waals surface area contributed by atoms with E-state index < -0.39 is 9.84 Å². The van der Waals surface area contributed by atoms with Crippen LogP contribution in [0.4, 0.5) is 0 Å². The fourth-order valence-corrected chi connectivity index (χ4v) is 3.95. The van der Waals surface area contributed by atoms with Gasteiger partial charge in [0.1, 0.15) is 0 Å². The van der Waals surface area contributed by atoms with Gasteiger partial charge >= 0.3 is 0 Å². The Bertz CT molecular complexity index is 613. The van der Waals surface area contributed by atoms with Gasteiger partial charge in [-0.25, -0.2) is 8.42 Å². The van der Waals surface area contributed by atoms with Crippen molar-refractivity contribution in [3.8, 4) is 0 Å². The van der Waals surface area contributed by atoms with E-state index in [4.69, 9.17) is 0 Å². The first-order valence-electron chi connectivity index (χ1n) is 6.46. The molecule has 0 saturated heterocycles. The van der Waals surface area contributed by atoms with E-state index in [9.17, 15) is 8.42 Å². The normalized spacial score (nSPS) is 16.0. The Hall–Kier alpha value is -0.830. The van der Waals surface area contributed by atoms with Crippen molar-refractivity contribution >= 4 is 25.8 Å². The highest BCUT2D eigenvalue weighted by Gasteiger charge is 2.18. The van der Waals surface area contributed by atoms with E-state index in [-0.39, 0.29) is 3.81 Å². The van der Waals surface area contributed by atoms with Crippen LogP contribution in [0.1, 0.15) is 37.7 Å². The molecule has 4 heteroatoms. The molecule has 1 aliphatic rings. The molecule has 1 fully saturated rings. The predicted octanol–water partition coefficient (Wildman–Crippen LogP) is 4.49. The van der Waals surface area contributed by atoms with Crippen LogP contribution in [0, 0.1) is 6.92 Å². The van der Waals surface area contributed by atoms with Crippen LogP contribution in [-0.4, -0.2) is 8.42 Å². The van der Waals surface area contributed by atoms with E-state index >= 15 is 0 Å². The van der Waals surface area contributed by atoms with Gasteiger partial charge in [0, 0.05) is 0 Å². The lowest BCUT2D eigenvalue weighted by Crippen LogP contribution is -2.00. The number of hydrogen-bond acceptors (Lipinski definition) is 2. The molecule has 0 aliphatic heterocycles. The second-order valence-corrected chi connectivity index (χ2v) is 8.08. The summed E-state index contributed by atoms with van der Waals surface area (Å²) in [6, 6.07) is 6.89. The van der Waals surface area contributed by atoms with Crippen LogP contribution < -0.4 is 0 Å². The molecule has 2 nitrogen and oxygen atoms in total. The van der Waals surface area contributed by atoms with Gasteiger partial charge in [0.05, 0.1) is 4.90 Å². The molecule has 0 atom stereocenters. The smallest absolute Gasteiger partial charge is 0.217 e. The van der Waals surface area contributed by atoms with Gasteiger partial charge in [0.25, 0.3) is 0 Å². The quantitative estimate of drug-likeness (QED) is 0.743.